The molecule has 0 aromatic heterocycles. The van der Waals surface area contributed by atoms with Crippen molar-refractivity contribution in [3.63, 3.8) is 0 Å². The molecule has 2 fully saturated rings. The number of rotatable bonds is 7. The smallest absolute Gasteiger partial charge is 0.257 e. The number of hydrogen-bond donors (Lipinski definition) is 0. The van der Waals surface area contributed by atoms with Crippen LogP contribution in [0, 0.1) is 5.92 Å². The number of nitrogens with zero attached hydrogens (tertiary/aromatic N) is 3. The van der Waals surface area contributed by atoms with Crippen molar-refractivity contribution in [2.75, 3.05) is 46.9 Å². The van der Waals surface area contributed by atoms with E-state index in [-0.39, 0.29) is 17.9 Å². The van der Waals surface area contributed by atoms with E-state index in [1.807, 2.05) is 41.1 Å². The number of para-hydroxylation sites is 1. The molecule has 0 spiro atoms. The van der Waals surface area contributed by atoms with Crippen LogP contribution in [0.15, 0.2) is 24.3 Å². The van der Waals surface area contributed by atoms with E-state index in [0.29, 0.717) is 30.3 Å². The maximum Gasteiger partial charge on any atom is 0.257 e. The first-order valence-corrected chi connectivity index (χ1v) is 11.0. The first-order valence-electron chi connectivity index (χ1n) is 11.0. The SMILES string of the molecule is CCCN(C)C(=O)[C@@H](C1CCCC1)N1CCN(C(=O)c2ccccc2OC)CC1. The van der Waals surface area contributed by atoms with Gasteiger partial charge in [0.2, 0.25) is 5.91 Å². The van der Waals surface area contributed by atoms with Gasteiger partial charge in [-0.2, -0.15) is 0 Å². The Morgan fingerprint density at radius 1 is 1.14 bits per heavy atom. The summed E-state index contributed by atoms with van der Waals surface area (Å²) in [5, 5.41) is 0. The lowest BCUT2D eigenvalue weighted by Crippen LogP contribution is -2.58. The number of carbonyl (C=O) groups excluding carboxylic acids is 2. The fraction of sp³-hybridized carbons (Fsp3) is 0.652. The Bertz CT molecular complexity index is 694. The summed E-state index contributed by atoms with van der Waals surface area (Å²) in [4.78, 5) is 32.3. The Morgan fingerprint density at radius 2 is 1.79 bits per heavy atom. The predicted octanol–water partition coefficient (Wildman–Crippen LogP) is 2.88. The third kappa shape index (κ3) is 4.92. The monoisotopic (exact) mass is 401 g/mol. The fourth-order valence-corrected chi connectivity index (χ4v) is 4.80. The number of amides is 2. The van der Waals surface area contributed by atoms with Crippen molar-refractivity contribution in [1.82, 2.24) is 14.7 Å². The van der Waals surface area contributed by atoms with Crippen LogP contribution in [0.2, 0.25) is 0 Å². The van der Waals surface area contributed by atoms with Crippen molar-refractivity contribution in [1.29, 1.82) is 0 Å². The molecule has 29 heavy (non-hydrogen) atoms. The zero-order chi connectivity index (χ0) is 20.8. The van der Waals surface area contributed by atoms with Gasteiger partial charge in [-0.15, -0.1) is 0 Å². The second-order valence-electron chi connectivity index (χ2n) is 8.28. The molecular formula is C23H35N3O3. The lowest BCUT2D eigenvalue weighted by Gasteiger charge is -2.42. The van der Waals surface area contributed by atoms with Crippen LogP contribution in [0.4, 0.5) is 0 Å². The average Bonchev–Trinajstić information content (AvgIpc) is 3.28. The highest BCUT2D eigenvalue weighted by atomic mass is 16.5. The summed E-state index contributed by atoms with van der Waals surface area (Å²) in [6.07, 6.45) is 5.69. The van der Waals surface area contributed by atoms with Gasteiger partial charge in [0.1, 0.15) is 5.75 Å². The molecule has 160 valence electrons. The molecule has 6 nitrogen and oxygen atoms in total. The number of likely N-dealkylation sites (N-methyl/N-ethyl adjacent to an activating group) is 1. The van der Waals surface area contributed by atoms with Crippen LogP contribution in [-0.2, 0) is 4.79 Å². The minimum Gasteiger partial charge on any atom is -0.496 e. The first kappa shape index (κ1) is 21.6. The van der Waals surface area contributed by atoms with Gasteiger partial charge < -0.3 is 14.5 Å². The summed E-state index contributed by atoms with van der Waals surface area (Å²) in [7, 11) is 3.52. The molecule has 1 aliphatic carbocycles. The molecule has 3 rings (SSSR count). The predicted molar refractivity (Wildman–Crippen MR) is 114 cm³/mol. The molecule has 0 N–H and O–H groups in total. The van der Waals surface area contributed by atoms with Gasteiger partial charge in [0, 0.05) is 39.8 Å². The first-order chi connectivity index (χ1) is 14.1. The van der Waals surface area contributed by atoms with Gasteiger partial charge in [0.15, 0.2) is 0 Å². The molecular weight excluding hydrogens is 366 g/mol. The third-order valence-corrected chi connectivity index (χ3v) is 6.37. The van der Waals surface area contributed by atoms with E-state index in [9.17, 15) is 9.59 Å². The fourth-order valence-electron chi connectivity index (χ4n) is 4.80. The van der Waals surface area contributed by atoms with Gasteiger partial charge in [-0.3, -0.25) is 14.5 Å². The molecule has 2 amide bonds. The summed E-state index contributed by atoms with van der Waals surface area (Å²) in [5.41, 5.74) is 0.606. The molecule has 6 heteroatoms. The normalized spacial score (nSPS) is 19.2. The van der Waals surface area contributed by atoms with E-state index in [4.69, 9.17) is 4.74 Å². The second-order valence-corrected chi connectivity index (χ2v) is 8.28. The number of methoxy groups -OCH3 is 1. The Hall–Kier alpha value is -2.08. The molecule has 0 bridgehead atoms. The Labute approximate surface area is 174 Å². The molecule has 1 aromatic rings. The van der Waals surface area contributed by atoms with Gasteiger partial charge in [-0.1, -0.05) is 31.9 Å². The molecule has 1 saturated heterocycles. The van der Waals surface area contributed by atoms with Crippen LogP contribution in [0.1, 0.15) is 49.4 Å². The standard InChI is InChI=1S/C23H35N3O3/c1-4-13-24(2)23(28)21(18-9-5-6-10-18)25-14-16-26(17-15-25)22(27)19-11-7-8-12-20(19)29-3/h7-8,11-12,18,21H,4-6,9-10,13-17H2,1-3H3/t21-/m1/s1. The van der Waals surface area contributed by atoms with Crippen molar-refractivity contribution in [2.45, 2.75) is 45.1 Å². The number of benzene rings is 1. The van der Waals surface area contributed by atoms with Crippen LogP contribution in [0.3, 0.4) is 0 Å². The van der Waals surface area contributed by atoms with Crippen LogP contribution >= 0.6 is 0 Å². The lowest BCUT2D eigenvalue weighted by atomic mass is 9.94. The molecule has 1 aliphatic heterocycles. The van der Waals surface area contributed by atoms with Crippen LogP contribution in [0.25, 0.3) is 0 Å². The van der Waals surface area contributed by atoms with Crippen LogP contribution in [0.5, 0.6) is 5.75 Å². The van der Waals surface area contributed by atoms with Gasteiger partial charge in [-0.05, 0) is 37.3 Å². The van der Waals surface area contributed by atoms with E-state index in [1.54, 1.807) is 7.11 Å². The van der Waals surface area contributed by atoms with E-state index >= 15 is 0 Å². The van der Waals surface area contributed by atoms with Crippen molar-refractivity contribution in [3.8, 4) is 5.75 Å². The maximum absolute atomic E-state index is 13.2. The number of ether oxygens (including phenoxy) is 1. The largest absolute Gasteiger partial charge is 0.496 e. The molecule has 0 radical (unpaired) electrons. The van der Waals surface area contributed by atoms with Gasteiger partial charge in [0.25, 0.3) is 5.91 Å². The highest BCUT2D eigenvalue weighted by Gasteiger charge is 2.38. The molecule has 2 aliphatic rings. The zero-order valence-electron chi connectivity index (χ0n) is 18.1. The summed E-state index contributed by atoms with van der Waals surface area (Å²) < 4.78 is 5.36. The molecule has 1 saturated carbocycles. The van der Waals surface area contributed by atoms with E-state index < -0.39 is 0 Å². The summed E-state index contributed by atoms with van der Waals surface area (Å²) in [6, 6.07) is 7.33. The number of piperazine rings is 1. The van der Waals surface area contributed by atoms with Crippen LogP contribution in [-0.4, -0.2) is 79.4 Å². The maximum atomic E-state index is 13.2. The third-order valence-electron chi connectivity index (χ3n) is 6.37. The average molecular weight is 402 g/mol. The number of carbonyl (C=O) groups is 2. The minimum atomic E-state index is -0.0439. The summed E-state index contributed by atoms with van der Waals surface area (Å²) in [6.45, 7) is 5.68. The molecule has 0 unspecified atom stereocenters. The minimum absolute atomic E-state index is 0.00828. The summed E-state index contributed by atoms with van der Waals surface area (Å²) in [5.74, 6) is 1.32. The topological polar surface area (TPSA) is 53.1 Å². The Morgan fingerprint density at radius 3 is 2.41 bits per heavy atom. The number of hydrogen-bond acceptors (Lipinski definition) is 4. The highest BCUT2D eigenvalue weighted by molar-refractivity contribution is 5.97. The van der Waals surface area contributed by atoms with Crippen molar-refractivity contribution < 1.29 is 14.3 Å². The van der Waals surface area contributed by atoms with Gasteiger partial charge in [-0.25, -0.2) is 0 Å². The van der Waals surface area contributed by atoms with E-state index in [2.05, 4.69) is 11.8 Å². The second kappa shape index (κ2) is 10.1. The zero-order valence-corrected chi connectivity index (χ0v) is 18.1. The quantitative estimate of drug-likeness (QED) is 0.705. The van der Waals surface area contributed by atoms with Crippen molar-refractivity contribution in [2.24, 2.45) is 5.92 Å². The van der Waals surface area contributed by atoms with Gasteiger partial charge in [0.05, 0.1) is 18.7 Å². The van der Waals surface area contributed by atoms with Crippen molar-refractivity contribution >= 4 is 11.8 Å². The molecule has 1 heterocycles. The van der Waals surface area contributed by atoms with E-state index in [1.165, 1.54) is 12.8 Å². The lowest BCUT2D eigenvalue weighted by molar-refractivity contribution is -0.138. The van der Waals surface area contributed by atoms with Gasteiger partial charge >= 0.3 is 0 Å². The highest BCUT2D eigenvalue weighted by Crippen LogP contribution is 2.32. The molecule has 1 aromatic carbocycles. The van der Waals surface area contributed by atoms with E-state index in [0.717, 1.165) is 38.9 Å². The van der Waals surface area contributed by atoms with Crippen molar-refractivity contribution in [3.05, 3.63) is 29.8 Å². The summed E-state index contributed by atoms with van der Waals surface area (Å²) >= 11 is 0. The van der Waals surface area contributed by atoms with Crippen LogP contribution < -0.4 is 4.74 Å². The molecule has 1 atom stereocenters. The Kier molecular flexibility index (Phi) is 7.53. The Balaban J connectivity index is 1.68.